The second-order valence-electron chi connectivity index (χ2n) is 21.2. The Balaban J connectivity index is 1.05. The first-order valence-corrected chi connectivity index (χ1v) is 25.6. The molecular weight excluding hydrogens is 865 g/mol. The fourth-order valence-electron chi connectivity index (χ4n) is 14.6. The van der Waals surface area contributed by atoms with Crippen molar-refractivity contribution >= 4 is 118 Å². The molecule has 0 unspecified atom stereocenters. The quantitative estimate of drug-likeness (QED) is 0.122. The van der Waals surface area contributed by atoms with Crippen molar-refractivity contribution in [2.45, 2.75) is 27.7 Å². The van der Waals surface area contributed by atoms with Crippen molar-refractivity contribution in [2.75, 3.05) is 0 Å². The Hall–Kier alpha value is -8.84. The molecule has 0 aliphatic heterocycles. The largest absolute Gasteiger partial charge is 0.0622 e. The summed E-state index contributed by atoms with van der Waals surface area (Å²) in [6, 6.07) is 75.1. The highest BCUT2D eigenvalue weighted by molar-refractivity contribution is 6.51. The highest BCUT2D eigenvalue weighted by atomic mass is 14.4. The fraction of sp³-hybridized carbons (Fsp3) is 0.0556. The van der Waals surface area contributed by atoms with Crippen LogP contribution in [0.5, 0.6) is 0 Å². The van der Waals surface area contributed by atoms with Crippen molar-refractivity contribution in [3.05, 3.63) is 216 Å². The normalized spacial score (nSPS) is 12.7. The second kappa shape index (κ2) is 13.5. The molecule has 0 saturated heterocycles. The molecule has 0 heterocycles. The lowest BCUT2D eigenvalue weighted by atomic mass is 9.80. The third-order valence-corrected chi connectivity index (χ3v) is 17.3. The molecular formula is C72H44. The molecule has 72 heavy (non-hydrogen) atoms. The minimum atomic E-state index is 1.26. The predicted octanol–water partition coefficient (Wildman–Crippen LogP) is 20.6. The van der Waals surface area contributed by atoms with E-state index in [1.54, 1.807) is 0 Å². The topological polar surface area (TPSA) is 0 Å². The molecule has 1 aliphatic carbocycles. The molecule has 332 valence electrons. The van der Waals surface area contributed by atoms with Crippen LogP contribution >= 0.6 is 0 Å². The van der Waals surface area contributed by atoms with Gasteiger partial charge in [-0.3, -0.25) is 0 Å². The van der Waals surface area contributed by atoms with E-state index >= 15 is 0 Å². The van der Waals surface area contributed by atoms with Crippen molar-refractivity contribution in [3.8, 4) is 55.6 Å². The van der Waals surface area contributed by atoms with Crippen LogP contribution in [0.4, 0.5) is 0 Å². The highest BCUT2D eigenvalue weighted by Gasteiger charge is 2.34. The Morgan fingerprint density at radius 2 is 0.611 bits per heavy atom. The van der Waals surface area contributed by atoms with Crippen LogP contribution in [0.1, 0.15) is 22.3 Å². The van der Waals surface area contributed by atoms with Gasteiger partial charge in [0.05, 0.1) is 0 Å². The first-order valence-electron chi connectivity index (χ1n) is 25.6. The van der Waals surface area contributed by atoms with E-state index in [0.29, 0.717) is 0 Å². The summed E-state index contributed by atoms with van der Waals surface area (Å²) in [5, 5.41) is 29.5. The lowest BCUT2D eigenvalue weighted by Crippen LogP contribution is -1.97. The SMILES string of the molecule is Cc1ccc(-c2c3c(c(-c4ccc(C)cc4C)c4cc5ccccc5cc24)-c2ccc4c5ccc6c7c(ccc(c8ccc-3c2c84)c57)c2c(-c3ccccc3)c3cccc4c5ccccc5c(c34)c62)c(C)c1. The van der Waals surface area contributed by atoms with Gasteiger partial charge in [0, 0.05) is 0 Å². The fourth-order valence-corrected chi connectivity index (χ4v) is 14.6. The van der Waals surface area contributed by atoms with Gasteiger partial charge in [-0.1, -0.05) is 193 Å². The molecule has 0 radical (unpaired) electrons. The van der Waals surface area contributed by atoms with Crippen molar-refractivity contribution in [3.63, 3.8) is 0 Å². The summed E-state index contributed by atoms with van der Waals surface area (Å²) in [5.74, 6) is 0. The summed E-state index contributed by atoms with van der Waals surface area (Å²) in [5.41, 5.74) is 18.4. The van der Waals surface area contributed by atoms with E-state index < -0.39 is 0 Å². The highest BCUT2D eigenvalue weighted by Crippen LogP contribution is 2.62. The number of hydrogen-bond donors (Lipinski definition) is 0. The summed E-state index contributed by atoms with van der Waals surface area (Å²) in [6.45, 7) is 9.04. The molecule has 0 nitrogen and oxygen atoms in total. The van der Waals surface area contributed by atoms with Gasteiger partial charge in [0.2, 0.25) is 0 Å². The van der Waals surface area contributed by atoms with Gasteiger partial charge in [-0.25, -0.2) is 0 Å². The number of hydrogen-bond acceptors (Lipinski definition) is 0. The van der Waals surface area contributed by atoms with Crippen LogP contribution in [0.15, 0.2) is 194 Å². The Morgan fingerprint density at radius 1 is 0.208 bits per heavy atom. The zero-order valence-electron chi connectivity index (χ0n) is 40.5. The summed E-state index contributed by atoms with van der Waals surface area (Å²) >= 11 is 0. The molecule has 0 fully saturated rings. The lowest BCUT2D eigenvalue weighted by molar-refractivity contribution is 1.38. The smallest absolute Gasteiger partial charge is 0.000696 e. The predicted molar refractivity (Wildman–Crippen MR) is 312 cm³/mol. The van der Waals surface area contributed by atoms with Crippen molar-refractivity contribution < 1.29 is 0 Å². The van der Waals surface area contributed by atoms with Crippen LogP contribution in [0.25, 0.3) is 174 Å². The van der Waals surface area contributed by atoms with E-state index in [1.807, 2.05) is 0 Å². The Kier molecular flexibility index (Phi) is 7.31. The standard InChI is InChI=1S/C72H44/c1-37-21-23-44(39(3)33-37)61-58-35-42-15-8-9-16-43(42)36-59(58)62(45-24-22-38(2)34-40(45)4)71-56-31-27-51-52-28-32-57-66-54(29-25-49(63(52)66)50-26-30-55(70(61)71)67(56)64(50)51)69-60(41-13-6-5-7-14-41)53-20-12-19-47-46-17-10-11-18-48(46)68(65(47)53)72(57)69/h5-36H,1-4H3. The zero-order valence-corrected chi connectivity index (χ0v) is 40.5. The van der Waals surface area contributed by atoms with E-state index in [-0.39, 0.29) is 0 Å². The van der Waals surface area contributed by atoms with Gasteiger partial charge >= 0.3 is 0 Å². The molecule has 0 atom stereocenters. The molecule has 0 N–H and O–H groups in total. The molecule has 0 amide bonds. The molecule has 0 bridgehead atoms. The lowest BCUT2D eigenvalue weighted by Gasteiger charge is -2.23. The maximum atomic E-state index is 2.49. The van der Waals surface area contributed by atoms with Gasteiger partial charge in [0.15, 0.2) is 0 Å². The minimum absolute atomic E-state index is 1.26. The summed E-state index contributed by atoms with van der Waals surface area (Å²) in [4.78, 5) is 0. The average Bonchev–Trinajstić information content (AvgIpc) is 4.04. The van der Waals surface area contributed by atoms with Crippen molar-refractivity contribution in [1.29, 1.82) is 0 Å². The van der Waals surface area contributed by atoms with Crippen LogP contribution in [-0.2, 0) is 0 Å². The van der Waals surface area contributed by atoms with Gasteiger partial charge < -0.3 is 0 Å². The van der Waals surface area contributed by atoms with Crippen LogP contribution in [0, 0.1) is 27.7 Å². The summed E-state index contributed by atoms with van der Waals surface area (Å²) < 4.78 is 0. The van der Waals surface area contributed by atoms with Gasteiger partial charge in [-0.05, 0) is 225 Å². The number of benzene rings is 14. The molecule has 17 rings (SSSR count). The maximum Gasteiger partial charge on any atom is -0.000696 e. The number of aryl methyl sites for hydroxylation is 4. The molecule has 0 spiro atoms. The minimum Gasteiger partial charge on any atom is -0.0622 e. The van der Waals surface area contributed by atoms with Crippen molar-refractivity contribution in [1.82, 2.24) is 0 Å². The average molecular weight is 909 g/mol. The van der Waals surface area contributed by atoms with Gasteiger partial charge in [0.1, 0.15) is 0 Å². The number of fused-ring (bicyclic) bond motifs is 14. The summed E-state index contributed by atoms with van der Waals surface area (Å²) in [7, 11) is 0. The Bertz CT molecular complexity index is 4930. The molecule has 0 saturated carbocycles. The van der Waals surface area contributed by atoms with Crippen molar-refractivity contribution in [2.24, 2.45) is 0 Å². The Morgan fingerprint density at radius 3 is 1.21 bits per heavy atom. The molecule has 16 aromatic rings. The van der Waals surface area contributed by atoms with E-state index in [0.717, 1.165) is 0 Å². The molecule has 1 aliphatic rings. The third-order valence-electron chi connectivity index (χ3n) is 17.3. The second-order valence-corrected chi connectivity index (χ2v) is 21.2. The molecule has 0 aromatic heterocycles. The van der Waals surface area contributed by atoms with Crippen LogP contribution < -0.4 is 0 Å². The third kappa shape index (κ3) is 4.69. The summed E-state index contributed by atoms with van der Waals surface area (Å²) in [6.07, 6.45) is 0. The van der Waals surface area contributed by atoms with Gasteiger partial charge in [-0.2, -0.15) is 0 Å². The van der Waals surface area contributed by atoms with Crippen LogP contribution in [0.2, 0.25) is 0 Å². The molecule has 16 aromatic carbocycles. The van der Waals surface area contributed by atoms with E-state index in [2.05, 4.69) is 222 Å². The van der Waals surface area contributed by atoms with Gasteiger partial charge in [-0.15, -0.1) is 0 Å². The Labute approximate surface area is 416 Å². The van der Waals surface area contributed by atoms with E-state index in [1.165, 1.54) is 196 Å². The van der Waals surface area contributed by atoms with Crippen LogP contribution in [-0.4, -0.2) is 0 Å². The maximum absolute atomic E-state index is 2.49. The first-order chi connectivity index (χ1) is 35.4. The van der Waals surface area contributed by atoms with E-state index in [9.17, 15) is 0 Å². The monoisotopic (exact) mass is 908 g/mol. The molecule has 0 heteroatoms. The van der Waals surface area contributed by atoms with Crippen LogP contribution in [0.3, 0.4) is 0 Å². The number of rotatable bonds is 3. The first kappa shape index (κ1) is 38.9. The van der Waals surface area contributed by atoms with E-state index in [4.69, 9.17) is 0 Å². The zero-order chi connectivity index (χ0) is 47.4. The van der Waals surface area contributed by atoms with Gasteiger partial charge in [0.25, 0.3) is 0 Å².